The molecule has 0 saturated carbocycles. The SMILES string of the molecule is COc1cc(OC)cc(-c2ncoc2-c2ccc(N)cc2)c1. The molecule has 0 unspecified atom stereocenters. The monoisotopic (exact) mass is 296 g/mol. The van der Waals surface area contributed by atoms with E-state index in [4.69, 9.17) is 19.6 Å². The fraction of sp³-hybridized carbons (Fsp3) is 0.118. The lowest BCUT2D eigenvalue weighted by Crippen LogP contribution is -1.90. The summed E-state index contributed by atoms with van der Waals surface area (Å²) in [6, 6.07) is 13.0. The topological polar surface area (TPSA) is 70.5 Å². The lowest BCUT2D eigenvalue weighted by molar-refractivity contribution is 0.394. The van der Waals surface area contributed by atoms with Gasteiger partial charge >= 0.3 is 0 Å². The number of nitrogen functional groups attached to an aromatic ring is 1. The van der Waals surface area contributed by atoms with Crippen LogP contribution in [0.15, 0.2) is 53.3 Å². The van der Waals surface area contributed by atoms with E-state index in [0.29, 0.717) is 22.9 Å². The van der Waals surface area contributed by atoms with Gasteiger partial charge in [0.15, 0.2) is 12.2 Å². The highest BCUT2D eigenvalue weighted by Crippen LogP contribution is 2.35. The van der Waals surface area contributed by atoms with E-state index < -0.39 is 0 Å². The van der Waals surface area contributed by atoms with Crippen LogP contribution in [0.5, 0.6) is 11.5 Å². The molecule has 0 saturated heterocycles. The third-order valence-corrected chi connectivity index (χ3v) is 3.37. The minimum atomic E-state index is 0.676. The average molecular weight is 296 g/mol. The van der Waals surface area contributed by atoms with Gasteiger partial charge < -0.3 is 19.6 Å². The Morgan fingerprint density at radius 3 is 2.14 bits per heavy atom. The van der Waals surface area contributed by atoms with Gasteiger partial charge in [0.1, 0.15) is 17.2 Å². The van der Waals surface area contributed by atoms with E-state index in [0.717, 1.165) is 16.8 Å². The number of hydrogen-bond acceptors (Lipinski definition) is 5. The smallest absolute Gasteiger partial charge is 0.182 e. The number of rotatable bonds is 4. The van der Waals surface area contributed by atoms with Gasteiger partial charge in [-0.2, -0.15) is 0 Å². The van der Waals surface area contributed by atoms with Crippen molar-refractivity contribution in [2.75, 3.05) is 20.0 Å². The lowest BCUT2D eigenvalue weighted by atomic mass is 10.0. The number of anilines is 1. The molecule has 3 rings (SSSR count). The van der Waals surface area contributed by atoms with Crippen LogP contribution in [0.25, 0.3) is 22.6 Å². The molecule has 0 fully saturated rings. The van der Waals surface area contributed by atoms with Gasteiger partial charge in [-0.25, -0.2) is 4.98 Å². The first-order valence-electron chi connectivity index (χ1n) is 6.74. The second-order valence-electron chi connectivity index (χ2n) is 4.75. The molecule has 3 aromatic rings. The summed E-state index contributed by atoms with van der Waals surface area (Å²) in [6.07, 6.45) is 1.42. The Balaban J connectivity index is 2.10. The molecule has 22 heavy (non-hydrogen) atoms. The van der Waals surface area contributed by atoms with Crippen molar-refractivity contribution in [2.45, 2.75) is 0 Å². The fourth-order valence-corrected chi connectivity index (χ4v) is 2.24. The number of oxazole rings is 1. The largest absolute Gasteiger partial charge is 0.497 e. The molecule has 0 spiro atoms. The maximum atomic E-state index is 5.73. The highest BCUT2D eigenvalue weighted by atomic mass is 16.5. The number of aromatic nitrogens is 1. The van der Waals surface area contributed by atoms with Gasteiger partial charge in [-0.1, -0.05) is 0 Å². The first-order valence-corrected chi connectivity index (χ1v) is 6.74. The number of benzene rings is 2. The number of nitrogens with zero attached hydrogens (tertiary/aromatic N) is 1. The summed E-state index contributed by atoms with van der Waals surface area (Å²) in [4.78, 5) is 4.33. The van der Waals surface area contributed by atoms with Crippen LogP contribution in [0.2, 0.25) is 0 Å². The van der Waals surface area contributed by atoms with E-state index in [1.165, 1.54) is 6.39 Å². The van der Waals surface area contributed by atoms with Crippen molar-refractivity contribution >= 4 is 5.69 Å². The second-order valence-corrected chi connectivity index (χ2v) is 4.75. The molecule has 0 aliphatic carbocycles. The maximum absolute atomic E-state index is 5.73. The Morgan fingerprint density at radius 2 is 1.55 bits per heavy atom. The minimum Gasteiger partial charge on any atom is -0.497 e. The highest BCUT2D eigenvalue weighted by molar-refractivity contribution is 5.78. The summed E-state index contributed by atoms with van der Waals surface area (Å²) >= 11 is 0. The summed E-state index contributed by atoms with van der Waals surface area (Å²) in [6.45, 7) is 0. The zero-order valence-electron chi connectivity index (χ0n) is 12.4. The van der Waals surface area contributed by atoms with Crippen LogP contribution in [-0.4, -0.2) is 19.2 Å². The minimum absolute atomic E-state index is 0.676. The maximum Gasteiger partial charge on any atom is 0.182 e. The van der Waals surface area contributed by atoms with Crippen molar-refractivity contribution in [3.05, 3.63) is 48.9 Å². The van der Waals surface area contributed by atoms with Crippen molar-refractivity contribution in [3.8, 4) is 34.1 Å². The molecule has 2 N–H and O–H groups in total. The van der Waals surface area contributed by atoms with Crippen LogP contribution in [0, 0.1) is 0 Å². The first kappa shape index (κ1) is 14.0. The Bertz CT molecular complexity index is 757. The zero-order valence-corrected chi connectivity index (χ0v) is 12.4. The van der Waals surface area contributed by atoms with E-state index in [-0.39, 0.29) is 0 Å². The van der Waals surface area contributed by atoms with Crippen molar-refractivity contribution in [3.63, 3.8) is 0 Å². The average Bonchev–Trinajstić information content (AvgIpc) is 3.04. The zero-order chi connectivity index (χ0) is 15.5. The molecule has 0 radical (unpaired) electrons. The van der Waals surface area contributed by atoms with Crippen LogP contribution >= 0.6 is 0 Å². The number of nitrogens with two attached hydrogens (primary N) is 1. The predicted octanol–water partition coefficient (Wildman–Crippen LogP) is 3.61. The summed E-state index contributed by atoms with van der Waals surface area (Å²) < 4.78 is 16.2. The lowest BCUT2D eigenvalue weighted by Gasteiger charge is -2.08. The molecular formula is C17H16N2O3. The fourth-order valence-electron chi connectivity index (χ4n) is 2.24. The molecule has 5 nitrogen and oxygen atoms in total. The third-order valence-electron chi connectivity index (χ3n) is 3.37. The number of hydrogen-bond donors (Lipinski definition) is 1. The van der Waals surface area contributed by atoms with Crippen molar-refractivity contribution in [2.24, 2.45) is 0 Å². The van der Waals surface area contributed by atoms with Crippen LogP contribution in [0.3, 0.4) is 0 Å². The number of ether oxygens (including phenoxy) is 2. The summed E-state index contributed by atoms with van der Waals surface area (Å²) in [5.74, 6) is 2.07. The Kier molecular flexibility index (Phi) is 3.70. The van der Waals surface area contributed by atoms with E-state index in [1.54, 1.807) is 14.2 Å². The standard InChI is InChI=1S/C17H16N2O3/c1-20-14-7-12(8-15(9-14)21-2)16-17(22-10-19-16)11-3-5-13(18)6-4-11/h3-10H,18H2,1-2H3. The van der Waals surface area contributed by atoms with E-state index in [9.17, 15) is 0 Å². The molecule has 0 bridgehead atoms. The van der Waals surface area contributed by atoms with Crippen LogP contribution in [-0.2, 0) is 0 Å². The van der Waals surface area contributed by atoms with Crippen molar-refractivity contribution < 1.29 is 13.9 Å². The summed E-state index contributed by atoms with van der Waals surface area (Å²) in [7, 11) is 3.23. The summed E-state index contributed by atoms with van der Waals surface area (Å²) in [5.41, 5.74) is 8.92. The molecular weight excluding hydrogens is 280 g/mol. The van der Waals surface area contributed by atoms with Gasteiger partial charge in [0.2, 0.25) is 0 Å². The van der Waals surface area contributed by atoms with Crippen LogP contribution in [0.1, 0.15) is 0 Å². The molecule has 0 aliphatic heterocycles. The van der Waals surface area contributed by atoms with Gasteiger partial charge in [-0.15, -0.1) is 0 Å². The molecule has 2 aromatic carbocycles. The first-order chi connectivity index (χ1) is 10.7. The molecule has 112 valence electrons. The second kappa shape index (κ2) is 5.81. The molecule has 1 aromatic heterocycles. The number of methoxy groups -OCH3 is 2. The molecule has 0 amide bonds. The Morgan fingerprint density at radius 1 is 0.909 bits per heavy atom. The molecule has 0 aliphatic rings. The Hall–Kier alpha value is -2.95. The Labute approximate surface area is 128 Å². The molecule has 0 atom stereocenters. The van der Waals surface area contributed by atoms with Gasteiger partial charge in [0.05, 0.1) is 14.2 Å². The van der Waals surface area contributed by atoms with Crippen molar-refractivity contribution in [1.29, 1.82) is 0 Å². The third kappa shape index (κ3) is 2.61. The highest BCUT2D eigenvalue weighted by Gasteiger charge is 2.15. The van der Waals surface area contributed by atoms with Gasteiger partial charge in [-0.3, -0.25) is 0 Å². The normalized spacial score (nSPS) is 10.5. The molecule has 5 heteroatoms. The quantitative estimate of drug-likeness (QED) is 0.745. The van der Waals surface area contributed by atoms with Crippen LogP contribution < -0.4 is 15.2 Å². The van der Waals surface area contributed by atoms with E-state index in [2.05, 4.69) is 4.98 Å². The van der Waals surface area contributed by atoms with Gasteiger partial charge in [0, 0.05) is 22.9 Å². The summed E-state index contributed by atoms with van der Waals surface area (Å²) in [5, 5.41) is 0. The predicted molar refractivity (Wildman–Crippen MR) is 84.9 cm³/mol. The van der Waals surface area contributed by atoms with Gasteiger partial charge in [0.25, 0.3) is 0 Å². The van der Waals surface area contributed by atoms with Gasteiger partial charge in [-0.05, 0) is 36.4 Å². The van der Waals surface area contributed by atoms with E-state index in [1.807, 2.05) is 42.5 Å². The van der Waals surface area contributed by atoms with Crippen molar-refractivity contribution in [1.82, 2.24) is 4.98 Å². The molecule has 1 heterocycles. The van der Waals surface area contributed by atoms with E-state index >= 15 is 0 Å². The van der Waals surface area contributed by atoms with Crippen LogP contribution in [0.4, 0.5) is 5.69 Å².